The van der Waals surface area contributed by atoms with E-state index >= 15 is 0 Å². The van der Waals surface area contributed by atoms with Crippen molar-refractivity contribution in [1.82, 2.24) is 5.32 Å². The number of rotatable bonds is 6. The molecule has 21 heavy (non-hydrogen) atoms. The number of methoxy groups -OCH3 is 1. The zero-order valence-corrected chi connectivity index (χ0v) is 12.2. The molecule has 1 N–H and O–H groups in total. The molecule has 1 aliphatic rings. The molecule has 0 atom stereocenters. The van der Waals surface area contributed by atoms with Crippen molar-refractivity contribution in [2.24, 2.45) is 0 Å². The van der Waals surface area contributed by atoms with Crippen molar-refractivity contribution >= 4 is 12.0 Å². The predicted molar refractivity (Wildman–Crippen MR) is 78.9 cm³/mol. The second-order valence-electron chi connectivity index (χ2n) is 4.76. The molecule has 1 amide bonds. The van der Waals surface area contributed by atoms with Crippen LogP contribution in [0.5, 0.6) is 11.5 Å². The van der Waals surface area contributed by atoms with Crippen molar-refractivity contribution < 1.29 is 14.3 Å². The van der Waals surface area contributed by atoms with Crippen LogP contribution in [0, 0.1) is 11.3 Å². The Labute approximate surface area is 124 Å². The molecule has 2 rings (SSSR count). The van der Waals surface area contributed by atoms with E-state index in [0.29, 0.717) is 18.1 Å². The third-order valence-corrected chi connectivity index (χ3v) is 3.08. The van der Waals surface area contributed by atoms with Crippen LogP contribution >= 0.6 is 0 Å². The van der Waals surface area contributed by atoms with Crippen LogP contribution in [0.4, 0.5) is 0 Å². The smallest absolute Gasteiger partial charge is 0.262 e. The highest BCUT2D eigenvalue weighted by atomic mass is 16.5. The summed E-state index contributed by atoms with van der Waals surface area (Å²) < 4.78 is 10.7. The SMILES string of the molecule is CCOc1ccc(/C=C(\C#N)C(=O)NC2CC2)cc1OC. The summed E-state index contributed by atoms with van der Waals surface area (Å²) >= 11 is 0. The second-order valence-corrected chi connectivity index (χ2v) is 4.76. The van der Waals surface area contributed by atoms with E-state index in [4.69, 9.17) is 14.7 Å². The van der Waals surface area contributed by atoms with Crippen LogP contribution in [0.1, 0.15) is 25.3 Å². The lowest BCUT2D eigenvalue weighted by Crippen LogP contribution is -2.26. The summed E-state index contributed by atoms with van der Waals surface area (Å²) in [7, 11) is 1.55. The lowest BCUT2D eigenvalue weighted by atomic mass is 10.1. The number of hydrogen-bond acceptors (Lipinski definition) is 4. The van der Waals surface area contributed by atoms with Gasteiger partial charge in [-0.3, -0.25) is 4.79 Å². The number of carbonyl (C=O) groups excluding carboxylic acids is 1. The fourth-order valence-electron chi connectivity index (χ4n) is 1.85. The Balaban J connectivity index is 2.21. The maximum Gasteiger partial charge on any atom is 0.262 e. The number of carbonyl (C=O) groups is 1. The number of ether oxygens (including phenoxy) is 2. The summed E-state index contributed by atoms with van der Waals surface area (Å²) in [5.41, 5.74) is 0.811. The van der Waals surface area contributed by atoms with Gasteiger partial charge >= 0.3 is 0 Å². The normalized spacial score (nSPS) is 14.2. The summed E-state index contributed by atoms with van der Waals surface area (Å²) in [4.78, 5) is 11.9. The summed E-state index contributed by atoms with van der Waals surface area (Å²) in [5.74, 6) is 0.886. The molecule has 0 heterocycles. The number of benzene rings is 1. The van der Waals surface area contributed by atoms with Crippen LogP contribution in [-0.2, 0) is 4.79 Å². The monoisotopic (exact) mass is 286 g/mol. The fourth-order valence-corrected chi connectivity index (χ4v) is 1.85. The Bertz CT molecular complexity index is 598. The minimum atomic E-state index is -0.326. The highest BCUT2D eigenvalue weighted by Gasteiger charge is 2.24. The van der Waals surface area contributed by atoms with E-state index in [9.17, 15) is 4.79 Å². The summed E-state index contributed by atoms with van der Waals surface area (Å²) in [6, 6.07) is 7.46. The highest BCUT2D eigenvalue weighted by molar-refractivity contribution is 6.02. The van der Waals surface area contributed by atoms with Gasteiger partial charge in [0.1, 0.15) is 11.6 Å². The van der Waals surface area contributed by atoms with E-state index in [1.807, 2.05) is 13.0 Å². The average molecular weight is 286 g/mol. The number of nitrogens with zero attached hydrogens (tertiary/aromatic N) is 1. The first-order valence-corrected chi connectivity index (χ1v) is 6.91. The Hall–Kier alpha value is -2.48. The first kappa shape index (κ1) is 14.9. The number of amides is 1. The first-order valence-electron chi connectivity index (χ1n) is 6.91. The van der Waals surface area contributed by atoms with E-state index in [2.05, 4.69) is 5.32 Å². The Kier molecular flexibility index (Phi) is 4.83. The maximum atomic E-state index is 11.9. The zero-order chi connectivity index (χ0) is 15.2. The largest absolute Gasteiger partial charge is 0.493 e. The van der Waals surface area contributed by atoms with Crippen LogP contribution in [0.25, 0.3) is 6.08 Å². The first-order chi connectivity index (χ1) is 10.2. The van der Waals surface area contributed by atoms with Crippen molar-refractivity contribution in [2.75, 3.05) is 13.7 Å². The number of nitrogens with one attached hydrogen (secondary N) is 1. The third-order valence-electron chi connectivity index (χ3n) is 3.08. The van der Waals surface area contributed by atoms with Crippen molar-refractivity contribution in [1.29, 1.82) is 5.26 Å². The standard InChI is InChI=1S/C16H18N2O3/c1-3-21-14-7-4-11(9-15(14)20-2)8-12(10-17)16(19)18-13-5-6-13/h4,7-9,13H,3,5-6H2,1-2H3,(H,18,19)/b12-8+. The fraction of sp³-hybridized carbons (Fsp3) is 0.375. The zero-order valence-electron chi connectivity index (χ0n) is 12.2. The summed E-state index contributed by atoms with van der Waals surface area (Å²) in [6.45, 7) is 2.43. The van der Waals surface area contributed by atoms with Crippen LogP contribution in [-0.4, -0.2) is 25.7 Å². The molecule has 1 fully saturated rings. The molecule has 110 valence electrons. The van der Waals surface area contributed by atoms with E-state index in [0.717, 1.165) is 18.4 Å². The Morgan fingerprint density at radius 1 is 1.48 bits per heavy atom. The molecular formula is C16H18N2O3. The lowest BCUT2D eigenvalue weighted by Gasteiger charge is -2.09. The molecule has 0 spiro atoms. The summed E-state index contributed by atoms with van der Waals surface area (Å²) in [5, 5.41) is 11.9. The minimum absolute atomic E-state index is 0.0908. The number of hydrogen-bond donors (Lipinski definition) is 1. The molecule has 0 unspecified atom stereocenters. The second kappa shape index (κ2) is 6.80. The Morgan fingerprint density at radius 2 is 2.24 bits per heavy atom. The molecular weight excluding hydrogens is 268 g/mol. The Morgan fingerprint density at radius 3 is 2.81 bits per heavy atom. The van der Waals surface area contributed by atoms with Crippen LogP contribution in [0.15, 0.2) is 23.8 Å². The van der Waals surface area contributed by atoms with Crippen LogP contribution in [0.2, 0.25) is 0 Å². The van der Waals surface area contributed by atoms with Gasteiger partial charge in [-0.25, -0.2) is 0 Å². The van der Waals surface area contributed by atoms with Crippen molar-refractivity contribution in [3.05, 3.63) is 29.3 Å². The summed E-state index contributed by atoms with van der Waals surface area (Å²) in [6.07, 6.45) is 3.53. The van der Waals surface area contributed by atoms with E-state index < -0.39 is 0 Å². The predicted octanol–water partition coefficient (Wildman–Crippen LogP) is 2.28. The molecule has 1 saturated carbocycles. The molecule has 0 aromatic heterocycles. The van der Waals surface area contributed by atoms with Crippen LogP contribution < -0.4 is 14.8 Å². The molecule has 0 saturated heterocycles. The van der Waals surface area contributed by atoms with Gasteiger partial charge in [-0.15, -0.1) is 0 Å². The topological polar surface area (TPSA) is 71.3 Å². The molecule has 0 bridgehead atoms. The van der Waals surface area contributed by atoms with Gasteiger partial charge in [-0.05, 0) is 43.5 Å². The van der Waals surface area contributed by atoms with E-state index in [1.165, 1.54) is 0 Å². The van der Waals surface area contributed by atoms with Gasteiger partial charge in [0, 0.05) is 6.04 Å². The lowest BCUT2D eigenvalue weighted by molar-refractivity contribution is -0.117. The van der Waals surface area contributed by atoms with Gasteiger partial charge in [-0.2, -0.15) is 5.26 Å². The van der Waals surface area contributed by atoms with Crippen molar-refractivity contribution in [3.8, 4) is 17.6 Å². The molecule has 5 heteroatoms. The van der Waals surface area contributed by atoms with Crippen LogP contribution in [0.3, 0.4) is 0 Å². The van der Waals surface area contributed by atoms with E-state index in [-0.39, 0.29) is 17.5 Å². The molecule has 5 nitrogen and oxygen atoms in total. The molecule has 0 aliphatic heterocycles. The van der Waals surface area contributed by atoms with Gasteiger partial charge in [0.05, 0.1) is 13.7 Å². The number of nitriles is 1. The van der Waals surface area contributed by atoms with Gasteiger partial charge in [0.25, 0.3) is 5.91 Å². The highest BCUT2D eigenvalue weighted by Crippen LogP contribution is 2.29. The van der Waals surface area contributed by atoms with Gasteiger partial charge in [-0.1, -0.05) is 6.07 Å². The van der Waals surface area contributed by atoms with Crippen molar-refractivity contribution in [3.63, 3.8) is 0 Å². The third kappa shape index (κ3) is 3.99. The minimum Gasteiger partial charge on any atom is -0.493 e. The molecule has 1 aromatic rings. The van der Waals surface area contributed by atoms with Gasteiger partial charge in [0.2, 0.25) is 0 Å². The van der Waals surface area contributed by atoms with Gasteiger partial charge in [0.15, 0.2) is 11.5 Å². The average Bonchev–Trinajstić information content (AvgIpc) is 3.30. The molecule has 1 aliphatic carbocycles. The van der Waals surface area contributed by atoms with Crippen molar-refractivity contribution in [2.45, 2.75) is 25.8 Å². The van der Waals surface area contributed by atoms with Gasteiger partial charge < -0.3 is 14.8 Å². The molecule has 0 radical (unpaired) electrons. The quantitative estimate of drug-likeness (QED) is 0.643. The molecule has 1 aromatic carbocycles. The van der Waals surface area contributed by atoms with E-state index in [1.54, 1.807) is 31.4 Å². The maximum absolute atomic E-state index is 11.9.